The van der Waals surface area contributed by atoms with Gasteiger partial charge < -0.3 is 10.1 Å². The second-order valence-corrected chi connectivity index (χ2v) is 6.86. The number of aromatic hydroxyl groups is 1. The van der Waals surface area contributed by atoms with Gasteiger partial charge in [0.1, 0.15) is 5.75 Å². The Labute approximate surface area is 152 Å². The van der Waals surface area contributed by atoms with Crippen molar-refractivity contribution in [2.45, 2.75) is 13.3 Å². The molecule has 0 saturated carbocycles. The number of nitrogens with one attached hydrogen (secondary N) is 1. The quantitative estimate of drug-likeness (QED) is 0.698. The molecule has 0 saturated heterocycles. The fourth-order valence-corrected chi connectivity index (χ4v) is 3.71. The number of ketones is 1. The van der Waals surface area contributed by atoms with E-state index in [0.717, 1.165) is 47.2 Å². The molecule has 0 aliphatic carbocycles. The van der Waals surface area contributed by atoms with Crippen molar-refractivity contribution in [3.05, 3.63) is 71.4 Å². The summed E-state index contributed by atoms with van der Waals surface area (Å²) in [5, 5.41) is 10.4. The number of carbonyl (C=O) groups is 1. The second kappa shape index (κ2) is 6.81. The van der Waals surface area contributed by atoms with Crippen molar-refractivity contribution < 1.29 is 9.90 Å². The highest BCUT2D eigenvalue weighted by Gasteiger charge is 2.20. The molecule has 0 amide bonds. The van der Waals surface area contributed by atoms with E-state index in [0.29, 0.717) is 6.54 Å². The summed E-state index contributed by atoms with van der Waals surface area (Å²) < 4.78 is 0. The molecule has 3 aromatic rings. The van der Waals surface area contributed by atoms with E-state index in [-0.39, 0.29) is 11.5 Å². The first-order valence-corrected chi connectivity index (χ1v) is 8.93. The number of phenols is 1. The Morgan fingerprint density at radius 1 is 1.15 bits per heavy atom. The fraction of sp³-hybridized carbons (Fsp3) is 0.227. The summed E-state index contributed by atoms with van der Waals surface area (Å²) in [5.74, 6) is 0.452. The number of Topliss-reactive ketones (excluding diaryl/α,β-unsaturated/α-hetero) is 1. The third-order valence-corrected chi connectivity index (χ3v) is 5.07. The van der Waals surface area contributed by atoms with Gasteiger partial charge in [0, 0.05) is 35.2 Å². The molecule has 1 aliphatic heterocycles. The maximum Gasteiger partial charge on any atom is 0.179 e. The SMILES string of the molecule is Cc1[nH]c2ccccc2c1C(=O)CN1CC=C(c2ccc(O)cc2)CC1. The van der Waals surface area contributed by atoms with Crippen LogP contribution in [0.25, 0.3) is 16.5 Å². The number of aryl methyl sites for hydroxylation is 1. The predicted octanol–water partition coefficient (Wildman–Crippen LogP) is 4.15. The molecule has 0 bridgehead atoms. The van der Waals surface area contributed by atoms with Crippen molar-refractivity contribution in [1.29, 1.82) is 0 Å². The van der Waals surface area contributed by atoms with E-state index in [1.807, 2.05) is 43.3 Å². The summed E-state index contributed by atoms with van der Waals surface area (Å²) in [6.07, 6.45) is 3.09. The largest absolute Gasteiger partial charge is 0.508 e. The van der Waals surface area contributed by atoms with Gasteiger partial charge in [-0.3, -0.25) is 9.69 Å². The zero-order valence-electron chi connectivity index (χ0n) is 14.8. The number of hydrogen-bond donors (Lipinski definition) is 2. The Bertz CT molecular complexity index is 983. The van der Waals surface area contributed by atoms with E-state index in [2.05, 4.69) is 16.0 Å². The van der Waals surface area contributed by atoms with Crippen LogP contribution in [-0.4, -0.2) is 40.4 Å². The van der Waals surface area contributed by atoms with Gasteiger partial charge in [-0.15, -0.1) is 0 Å². The number of fused-ring (bicyclic) bond motifs is 1. The van der Waals surface area contributed by atoms with Crippen LogP contribution in [0.1, 0.15) is 28.0 Å². The molecule has 26 heavy (non-hydrogen) atoms. The first-order valence-electron chi connectivity index (χ1n) is 8.93. The number of phenolic OH excluding ortho intramolecular Hbond substituents is 1. The molecular weight excluding hydrogens is 324 g/mol. The van der Waals surface area contributed by atoms with Crippen LogP contribution in [0.3, 0.4) is 0 Å². The molecular formula is C22H22N2O2. The molecule has 0 radical (unpaired) electrons. The number of hydrogen-bond acceptors (Lipinski definition) is 3. The maximum atomic E-state index is 12.9. The molecule has 4 rings (SSSR count). The first kappa shape index (κ1) is 16.6. The van der Waals surface area contributed by atoms with Crippen LogP contribution in [-0.2, 0) is 0 Å². The molecule has 0 fully saturated rings. The van der Waals surface area contributed by atoms with E-state index < -0.39 is 0 Å². The molecule has 4 heteroatoms. The molecule has 1 aromatic heterocycles. The third-order valence-electron chi connectivity index (χ3n) is 5.07. The Hall–Kier alpha value is -2.85. The lowest BCUT2D eigenvalue weighted by Crippen LogP contribution is -2.33. The van der Waals surface area contributed by atoms with Crippen molar-refractivity contribution >= 4 is 22.3 Å². The minimum Gasteiger partial charge on any atom is -0.508 e. The van der Waals surface area contributed by atoms with Crippen LogP contribution >= 0.6 is 0 Å². The standard InChI is InChI=1S/C22H22N2O2/c1-15-22(19-4-2-3-5-20(19)23-15)21(26)14-24-12-10-17(11-13-24)16-6-8-18(25)9-7-16/h2-10,23,25H,11-14H2,1H3. The lowest BCUT2D eigenvalue weighted by Gasteiger charge is -2.26. The molecule has 132 valence electrons. The highest BCUT2D eigenvalue weighted by molar-refractivity contribution is 6.10. The van der Waals surface area contributed by atoms with E-state index in [1.165, 1.54) is 5.57 Å². The lowest BCUT2D eigenvalue weighted by atomic mass is 9.99. The summed E-state index contributed by atoms with van der Waals surface area (Å²) in [6.45, 7) is 4.03. The van der Waals surface area contributed by atoms with Gasteiger partial charge in [0.25, 0.3) is 0 Å². The van der Waals surface area contributed by atoms with Gasteiger partial charge in [0.15, 0.2) is 5.78 Å². The number of H-pyrrole nitrogens is 1. The number of para-hydroxylation sites is 1. The number of aromatic amines is 1. The topological polar surface area (TPSA) is 56.3 Å². The van der Waals surface area contributed by atoms with Gasteiger partial charge in [-0.25, -0.2) is 0 Å². The summed E-state index contributed by atoms with van der Waals surface area (Å²) in [4.78, 5) is 18.4. The van der Waals surface area contributed by atoms with Gasteiger partial charge in [0.2, 0.25) is 0 Å². The van der Waals surface area contributed by atoms with Gasteiger partial charge in [-0.05, 0) is 42.7 Å². The smallest absolute Gasteiger partial charge is 0.179 e. The molecule has 0 atom stereocenters. The Morgan fingerprint density at radius 3 is 2.65 bits per heavy atom. The summed E-state index contributed by atoms with van der Waals surface area (Å²) in [6, 6.07) is 15.3. The van der Waals surface area contributed by atoms with Crippen molar-refractivity contribution in [2.75, 3.05) is 19.6 Å². The highest BCUT2D eigenvalue weighted by Crippen LogP contribution is 2.26. The zero-order valence-corrected chi connectivity index (χ0v) is 14.8. The molecule has 2 N–H and O–H groups in total. The van der Waals surface area contributed by atoms with E-state index in [9.17, 15) is 9.90 Å². The average molecular weight is 346 g/mol. The molecule has 0 unspecified atom stereocenters. The van der Waals surface area contributed by atoms with Crippen molar-refractivity contribution in [3.8, 4) is 5.75 Å². The summed E-state index contributed by atoms with van der Waals surface area (Å²) in [5.41, 5.74) is 5.18. The van der Waals surface area contributed by atoms with Crippen LogP contribution in [0.4, 0.5) is 0 Å². The third kappa shape index (κ3) is 3.16. The molecule has 4 nitrogen and oxygen atoms in total. The van der Waals surface area contributed by atoms with Crippen LogP contribution in [0.15, 0.2) is 54.6 Å². The Morgan fingerprint density at radius 2 is 1.92 bits per heavy atom. The van der Waals surface area contributed by atoms with Crippen LogP contribution < -0.4 is 0 Å². The lowest BCUT2D eigenvalue weighted by molar-refractivity contribution is 0.0938. The molecule has 1 aliphatic rings. The summed E-state index contributed by atoms with van der Waals surface area (Å²) in [7, 11) is 0. The van der Waals surface area contributed by atoms with E-state index in [1.54, 1.807) is 12.1 Å². The van der Waals surface area contributed by atoms with Gasteiger partial charge in [-0.2, -0.15) is 0 Å². The zero-order chi connectivity index (χ0) is 18.1. The molecule has 2 aromatic carbocycles. The van der Waals surface area contributed by atoms with Crippen LogP contribution in [0.2, 0.25) is 0 Å². The molecule has 0 spiro atoms. The first-order chi connectivity index (χ1) is 12.6. The minimum absolute atomic E-state index is 0.168. The summed E-state index contributed by atoms with van der Waals surface area (Å²) >= 11 is 0. The number of benzene rings is 2. The Kier molecular flexibility index (Phi) is 4.35. The minimum atomic E-state index is 0.168. The average Bonchev–Trinajstić information content (AvgIpc) is 2.99. The van der Waals surface area contributed by atoms with Crippen molar-refractivity contribution in [1.82, 2.24) is 9.88 Å². The van der Waals surface area contributed by atoms with Gasteiger partial charge in [0.05, 0.1) is 6.54 Å². The predicted molar refractivity (Wildman–Crippen MR) is 105 cm³/mol. The van der Waals surface area contributed by atoms with Crippen molar-refractivity contribution in [3.63, 3.8) is 0 Å². The van der Waals surface area contributed by atoms with Gasteiger partial charge >= 0.3 is 0 Å². The van der Waals surface area contributed by atoms with Crippen molar-refractivity contribution in [2.24, 2.45) is 0 Å². The maximum absolute atomic E-state index is 12.9. The Balaban J connectivity index is 1.47. The van der Waals surface area contributed by atoms with Gasteiger partial charge in [-0.1, -0.05) is 36.4 Å². The number of nitrogens with zero attached hydrogens (tertiary/aromatic N) is 1. The van der Waals surface area contributed by atoms with E-state index >= 15 is 0 Å². The van der Waals surface area contributed by atoms with Crippen LogP contribution in [0, 0.1) is 6.92 Å². The van der Waals surface area contributed by atoms with Crippen LogP contribution in [0.5, 0.6) is 5.75 Å². The monoisotopic (exact) mass is 346 g/mol. The normalized spacial score (nSPS) is 15.2. The highest BCUT2D eigenvalue weighted by atomic mass is 16.3. The number of carbonyl (C=O) groups excluding carboxylic acids is 1. The molecule has 2 heterocycles. The van der Waals surface area contributed by atoms with E-state index in [4.69, 9.17) is 0 Å². The number of aromatic nitrogens is 1. The number of rotatable bonds is 4. The fourth-order valence-electron chi connectivity index (χ4n) is 3.71. The second-order valence-electron chi connectivity index (χ2n) is 6.86.